The second-order valence-electron chi connectivity index (χ2n) is 4.12. The van der Waals surface area contributed by atoms with Gasteiger partial charge in [-0.25, -0.2) is 14.4 Å². The van der Waals surface area contributed by atoms with Gasteiger partial charge >= 0.3 is 17.9 Å². The van der Waals surface area contributed by atoms with E-state index in [4.69, 9.17) is 25.5 Å². The number of carbonyl (C=O) groups is 3. The molecule has 0 bridgehead atoms. The Balaban J connectivity index is 0.000000361. The summed E-state index contributed by atoms with van der Waals surface area (Å²) in [6, 6.07) is 0. The van der Waals surface area contributed by atoms with Crippen molar-refractivity contribution in [3.8, 4) is 0 Å². The van der Waals surface area contributed by atoms with Crippen LogP contribution in [0.1, 0.15) is 6.92 Å². The van der Waals surface area contributed by atoms with Gasteiger partial charge in [-0.3, -0.25) is 4.90 Å². The maximum Gasteiger partial charge on any atom is 0.335 e. The Labute approximate surface area is 118 Å². The molecule has 0 aromatic heterocycles. The van der Waals surface area contributed by atoms with Gasteiger partial charge in [-0.05, 0) is 14.0 Å². The molecule has 20 heavy (non-hydrogen) atoms. The fraction of sp³-hybridized carbons (Fsp3) is 0.700. The van der Waals surface area contributed by atoms with Gasteiger partial charge < -0.3 is 25.5 Å². The number of hydrogen-bond acceptors (Lipinski definition) is 7. The molecule has 0 radical (unpaired) electrons. The van der Waals surface area contributed by atoms with Gasteiger partial charge in [0.2, 0.25) is 0 Å². The topological polar surface area (TPSA) is 156 Å². The van der Waals surface area contributed by atoms with Crippen molar-refractivity contribution >= 4 is 29.7 Å². The largest absolute Gasteiger partial charge is 0.479 e. The van der Waals surface area contributed by atoms with Crippen LogP contribution in [0, 0.1) is 0 Å². The van der Waals surface area contributed by atoms with Crippen LogP contribution in [0.5, 0.6) is 0 Å². The molecule has 0 aromatic rings. The lowest BCUT2D eigenvalue weighted by Crippen LogP contribution is -2.43. The molecule has 1 saturated heterocycles. The maximum absolute atomic E-state index is 10.7. The fourth-order valence-corrected chi connectivity index (χ4v) is 2.40. The molecule has 5 N–H and O–H groups in total. The van der Waals surface area contributed by atoms with E-state index in [0.29, 0.717) is 0 Å². The van der Waals surface area contributed by atoms with Crippen LogP contribution in [0.15, 0.2) is 0 Å². The van der Waals surface area contributed by atoms with Crippen molar-refractivity contribution in [2.45, 2.75) is 24.0 Å². The van der Waals surface area contributed by atoms with Crippen LogP contribution in [0.2, 0.25) is 0 Å². The Kier molecular flexibility index (Phi) is 6.92. The fourth-order valence-electron chi connectivity index (χ4n) is 1.20. The molecule has 1 aliphatic heterocycles. The van der Waals surface area contributed by atoms with Crippen molar-refractivity contribution in [3.63, 3.8) is 0 Å². The van der Waals surface area contributed by atoms with Crippen LogP contribution in [0.4, 0.5) is 0 Å². The highest BCUT2D eigenvalue weighted by Gasteiger charge is 2.41. The lowest BCUT2D eigenvalue weighted by atomic mass is 10.2. The van der Waals surface area contributed by atoms with Crippen LogP contribution in [-0.4, -0.2) is 84.8 Å². The normalized spacial score (nSPS) is 25.2. The van der Waals surface area contributed by atoms with Crippen molar-refractivity contribution in [1.82, 2.24) is 4.90 Å². The van der Waals surface area contributed by atoms with E-state index in [1.165, 1.54) is 11.8 Å². The first-order valence-corrected chi connectivity index (χ1v) is 6.43. The zero-order valence-electron chi connectivity index (χ0n) is 10.9. The minimum Gasteiger partial charge on any atom is -0.479 e. The van der Waals surface area contributed by atoms with Gasteiger partial charge in [0, 0.05) is 12.3 Å². The second kappa shape index (κ2) is 7.43. The average molecular weight is 311 g/mol. The molecule has 116 valence electrons. The first kappa shape index (κ1) is 18.6. The number of aliphatic hydroxyl groups excluding tert-OH is 2. The molecular weight excluding hydrogens is 294 g/mol. The molecule has 3 atom stereocenters. The number of likely N-dealkylation sites (N-methyl/N-ethyl adjacent to an activating group) is 1. The molecule has 1 aliphatic rings. The number of aliphatic carboxylic acids is 3. The number of rotatable bonds is 4. The summed E-state index contributed by atoms with van der Waals surface area (Å²) >= 11 is 1.49. The average Bonchev–Trinajstić information content (AvgIpc) is 2.69. The van der Waals surface area contributed by atoms with Gasteiger partial charge in [0.05, 0.1) is 0 Å². The molecule has 1 rings (SSSR count). The minimum atomic E-state index is -2.27. The number of thioether (sulfide) groups is 1. The number of carboxylic acid groups (broad SMARTS) is 3. The SMILES string of the molecule is CN1CCSC1(C)C(=O)O.O=C(O)C(O)C(O)C(=O)O. The summed E-state index contributed by atoms with van der Waals surface area (Å²) in [5.41, 5.74) is 0. The highest BCUT2D eigenvalue weighted by atomic mass is 32.2. The summed E-state index contributed by atoms with van der Waals surface area (Å²) in [6.45, 7) is 2.61. The number of carboxylic acids is 3. The predicted octanol–water partition coefficient (Wildman–Crippen LogP) is -1.66. The number of aliphatic hydroxyl groups is 2. The Hall–Kier alpha value is -1.36. The Morgan fingerprint density at radius 2 is 1.50 bits per heavy atom. The summed E-state index contributed by atoms with van der Waals surface area (Å²) in [4.78, 5) is 31.4. The third-order valence-corrected chi connectivity index (χ3v) is 4.18. The Bertz CT molecular complexity index is 371. The zero-order chi connectivity index (χ0) is 16.1. The van der Waals surface area contributed by atoms with E-state index >= 15 is 0 Å². The molecule has 3 unspecified atom stereocenters. The van der Waals surface area contributed by atoms with Crippen molar-refractivity contribution in [3.05, 3.63) is 0 Å². The standard InChI is InChI=1S/C6H11NO2S.C4H6O6/c1-6(5(8)9)7(2)3-4-10-6;5-1(3(7)8)2(6)4(9)10/h3-4H2,1-2H3,(H,8,9);1-2,5-6H,(H,7,8)(H,9,10). The summed E-state index contributed by atoms with van der Waals surface area (Å²) in [6.07, 6.45) is -4.53. The van der Waals surface area contributed by atoms with Gasteiger partial charge in [0.1, 0.15) is 0 Å². The van der Waals surface area contributed by atoms with Crippen LogP contribution in [-0.2, 0) is 14.4 Å². The van der Waals surface area contributed by atoms with Crippen molar-refractivity contribution in [1.29, 1.82) is 0 Å². The summed E-state index contributed by atoms with van der Waals surface area (Å²) in [7, 11) is 1.84. The zero-order valence-corrected chi connectivity index (χ0v) is 11.7. The smallest absolute Gasteiger partial charge is 0.335 e. The van der Waals surface area contributed by atoms with Crippen molar-refractivity contribution in [2.75, 3.05) is 19.3 Å². The minimum absolute atomic E-state index is 0.681. The van der Waals surface area contributed by atoms with Gasteiger partial charge in [-0.2, -0.15) is 0 Å². The predicted molar refractivity (Wildman–Crippen MR) is 68.4 cm³/mol. The highest BCUT2D eigenvalue weighted by molar-refractivity contribution is 8.01. The highest BCUT2D eigenvalue weighted by Crippen LogP contribution is 2.33. The van der Waals surface area contributed by atoms with Crippen LogP contribution < -0.4 is 0 Å². The van der Waals surface area contributed by atoms with E-state index in [1.54, 1.807) is 6.92 Å². The van der Waals surface area contributed by atoms with Crippen LogP contribution >= 0.6 is 11.8 Å². The second-order valence-corrected chi connectivity index (χ2v) is 5.62. The quantitative estimate of drug-likeness (QED) is 0.407. The van der Waals surface area contributed by atoms with Gasteiger partial charge in [-0.1, -0.05) is 0 Å². The number of nitrogens with zero attached hydrogens (tertiary/aromatic N) is 1. The van der Waals surface area contributed by atoms with E-state index in [-0.39, 0.29) is 0 Å². The van der Waals surface area contributed by atoms with Crippen LogP contribution in [0.25, 0.3) is 0 Å². The van der Waals surface area contributed by atoms with E-state index in [9.17, 15) is 14.4 Å². The molecule has 1 fully saturated rings. The molecule has 0 spiro atoms. The molecule has 9 nitrogen and oxygen atoms in total. The first-order valence-electron chi connectivity index (χ1n) is 5.44. The summed E-state index contributed by atoms with van der Waals surface area (Å²) < 4.78 is 0. The van der Waals surface area contributed by atoms with Gasteiger partial charge in [0.15, 0.2) is 17.1 Å². The van der Waals surface area contributed by atoms with Crippen LogP contribution in [0.3, 0.4) is 0 Å². The third-order valence-electron chi connectivity index (χ3n) is 2.74. The van der Waals surface area contributed by atoms with E-state index in [2.05, 4.69) is 0 Å². The summed E-state index contributed by atoms with van der Waals surface area (Å²) in [5.74, 6) is -3.36. The molecular formula is C10H17NO8S. The lowest BCUT2D eigenvalue weighted by Gasteiger charge is -2.25. The van der Waals surface area contributed by atoms with Gasteiger partial charge in [-0.15, -0.1) is 11.8 Å². The van der Waals surface area contributed by atoms with E-state index < -0.39 is 35.0 Å². The first-order chi connectivity index (χ1) is 9.04. The molecule has 0 aromatic carbocycles. The third kappa shape index (κ3) is 4.63. The number of hydrogen-bond donors (Lipinski definition) is 5. The van der Waals surface area contributed by atoms with E-state index in [0.717, 1.165) is 12.3 Å². The summed E-state index contributed by atoms with van der Waals surface area (Å²) in [5, 5.41) is 41.3. The lowest BCUT2D eigenvalue weighted by molar-refractivity contribution is -0.165. The molecule has 1 heterocycles. The monoisotopic (exact) mass is 311 g/mol. The van der Waals surface area contributed by atoms with Gasteiger partial charge in [0.25, 0.3) is 0 Å². The molecule has 10 heteroatoms. The van der Waals surface area contributed by atoms with E-state index in [1.807, 2.05) is 11.9 Å². The Morgan fingerprint density at radius 3 is 1.65 bits per heavy atom. The molecule has 0 saturated carbocycles. The Morgan fingerprint density at radius 1 is 1.10 bits per heavy atom. The van der Waals surface area contributed by atoms with Crippen molar-refractivity contribution < 1.29 is 39.9 Å². The van der Waals surface area contributed by atoms with Crippen molar-refractivity contribution in [2.24, 2.45) is 0 Å². The molecule has 0 amide bonds. The molecule has 0 aliphatic carbocycles. The maximum atomic E-state index is 10.7.